The van der Waals surface area contributed by atoms with Crippen molar-refractivity contribution in [2.45, 2.75) is 46.7 Å². The molecule has 1 fully saturated rings. The van der Waals surface area contributed by atoms with Crippen LogP contribution in [0.1, 0.15) is 44.7 Å². The Hall–Kier alpha value is -1.55. The standard InChI is InChI=1S/C20H34N4/c1-16(2)13-22-20(21-4)23-14-18-5-7-19(8-6-18)15-24-11-9-17(3)10-12-24/h5-8,16-17H,9-15H2,1-4H3,(H2,21,22,23). The van der Waals surface area contributed by atoms with E-state index in [0.29, 0.717) is 5.92 Å². The van der Waals surface area contributed by atoms with Crippen molar-refractivity contribution in [2.75, 3.05) is 26.7 Å². The third kappa shape index (κ3) is 6.52. The number of hydrogen-bond acceptors (Lipinski definition) is 2. The summed E-state index contributed by atoms with van der Waals surface area (Å²) < 4.78 is 0. The molecule has 0 atom stereocenters. The molecule has 0 amide bonds. The van der Waals surface area contributed by atoms with Gasteiger partial charge in [-0.25, -0.2) is 0 Å². The topological polar surface area (TPSA) is 39.7 Å². The van der Waals surface area contributed by atoms with Crippen LogP contribution in [0.15, 0.2) is 29.3 Å². The first-order valence-electron chi connectivity index (χ1n) is 9.31. The van der Waals surface area contributed by atoms with E-state index in [-0.39, 0.29) is 0 Å². The van der Waals surface area contributed by atoms with Crippen molar-refractivity contribution in [3.63, 3.8) is 0 Å². The summed E-state index contributed by atoms with van der Waals surface area (Å²) in [7, 11) is 1.82. The van der Waals surface area contributed by atoms with Gasteiger partial charge in [0, 0.05) is 26.7 Å². The molecule has 0 unspecified atom stereocenters. The Morgan fingerprint density at radius 2 is 1.75 bits per heavy atom. The van der Waals surface area contributed by atoms with Crippen LogP contribution < -0.4 is 10.6 Å². The van der Waals surface area contributed by atoms with Crippen LogP contribution in [0.25, 0.3) is 0 Å². The first kappa shape index (κ1) is 18.8. The predicted octanol–water partition coefficient (Wildman–Crippen LogP) is 3.24. The van der Waals surface area contributed by atoms with Crippen molar-refractivity contribution in [3.05, 3.63) is 35.4 Å². The Labute approximate surface area is 147 Å². The molecule has 1 saturated heterocycles. The highest BCUT2D eigenvalue weighted by molar-refractivity contribution is 5.79. The van der Waals surface area contributed by atoms with E-state index in [4.69, 9.17) is 0 Å². The third-order valence-corrected chi connectivity index (χ3v) is 4.67. The van der Waals surface area contributed by atoms with Gasteiger partial charge in [0.2, 0.25) is 0 Å². The van der Waals surface area contributed by atoms with E-state index in [2.05, 4.69) is 65.6 Å². The summed E-state index contributed by atoms with van der Waals surface area (Å²) in [5.41, 5.74) is 2.70. The maximum atomic E-state index is 4.26. The average molecular weight is 331 g/mol. The van der Waals surface area contributed by atoms with Gasteiger partial charge in [-0.1, -0.05) is 45.0 Å². The summed E-state index contributed by atoms with van der Waals surface area (Å²) in [6, 6.07) is 8.98. The molecule has 1 aliphatic heterocycles. The van der Waals surface area contributed by atoms with Crippen LogP contribution in [0.3, 0.4) is 0 Å². The molecule has 2 N–H and O–H groups in total. The second kappa shape index (κ2) is 9.67. The zero-order valence-corrected chi connectivity index (χ0v) is 15.8. The lowest BCUT2D eigenvalue weighted by Gasteiger charge is -2.30. The Bertz CT molecular complexity index is 499. The number of rotatable bonds is 6. The van der Waals surface area contributed by atoms with E-state index in [9.17, 15) is 0 Å². The van der Waals surface area contributed by atoms with Crippen molar-refractivity contribution < 1.29 is 0 Å². The summed E-state index contributed by atoms with van der Waals surface area (Å²) in [6.07, 6.45) is 2.68. The summed E-state index contributed by atoms with van der Waals surface area (Å²) in [6.45, 7) is 12.1. The molecule has 0 aromatic heterocycles. The van der Waals surface area contributed by atoms with Gasteiger partial charge in [-0.05, 0) is 48.9 Å². The number of nitrogens with one attached hydrogen (secondary N) is 2. The van der Waals surface area contributed by atoms with E-state index >= 15 is 0 Å². The molecule has 1 aliphatic rings. The van der Waals surface area contributed by atoms with Crippen molar-refractivity contribution in [2.24, 2.45) is 16.8 Å². The molecular formula is C20H34N4. The maximum absolute atomic E-state index is 4.26. The van der Waals surface area contributed by atoms with Crippen LogP contribution >= 0.6 is 0 Å². The normalized spacial score (nSPS) is 17.3. The lowest BCUT2D eigenvalue weighted by molar-refractivity contribution is 0.185. The van der Waals surface area contributed by atoms with Crippen LogP contribution in [0.4, 0.5) is 0 Å². The number of guanidine groups is 1. The first-order chi connectivity index (χ1) is 11.6. The summed E-state index contributed by atoms with van der Waals surface area (Å²) in [4.78, 5) is 6.84. The zero-order valence-electron chi connectivity index (χ0n) is 15.8. The van der Waals surface area contributed by atoms with Crippen molar-refractivity contribution in [1.29, 1.82) is 0 Å². The number of piperidine rings is 1. The van der Waals surface area contributed by atoms with Gasteiger partial charge >= 0.3 is 0 Å². The van der Waals surface area contributed by atoms with Gasteiger partial charge in [-0.2, -0.15) is 0 Å². The van der Waals surface area contributed by atoms with Crippen molar-refractivity contribution >= 4 is 5.96 Å². The van der Waals surface area contributed by atoms with Gasteiger partial charge in [0.15, 0.2) is 5.96 Å². The van der Waals surface area contributed by atoms with E-state index in [1.54, 1.807) is 0 Å². The summed E-state index contributed by atoms with van der Waals surface area (Å²) >= 11 is 0. The maximum Gasteiger partial charge on any atom is 0.191 e. The summed E-state index contributed by atoms with van der Waals surface area (Å²) in [5, 5.41) is 6.72. The minimum atomic E-state index is 0.612. The molecule has 0 radical (unpaired) electrons. The van der Waals surface area contributed by atoms with E-state index < -0.39 is 0 Å². The highest BCUT2D eigenvalue weighted by Gasteiger charge is 2.15. The summed E-state index contributed by atoms with van der Waals surface area (Å²) in [5.74, 6) is 2.38. The van der Waals surface area contributed by atoms with Gasteiger partial charge < -0.3 is 10.6 Å². The highest BCUT2D eigenvalue weighted by atomic mass is 15.2. The minimum Gasteiger partial charge on any atom is -0.356 e. The SMILES string of the molecule is CN=C(NCc1ccc(CN2CCC(C)CC2)cc1)NCC(C)C. The number of likely N-dealkylation sites (tertiary alicyclic amines) is 1. The lowest BCUT2D eigenvalue weighted by atomic mass is 9.99. The van der Waals surface area contributed by atoms with Gasteiger partial charge in [0.25, 0.3) is 0 Å². The molecule has 0 aliphatic carbocycles. The van der Waals surface area contributed by atoms with Crippen molar-refractivity contribution in [3.8, 4) is 0 Å². The quantitative estimate of drug-likeness (QED) is 0.621. The molecule has 0 saturated carbocycles. The Balaban J connectivity index is 1.77. The van der Waals surface area contributed by atoms with E-state index in [0.717, 1.165) is 31.5 Å². The van der Waals surface area contributed by atoms with Gasteiger partial charge in [0.1, 0.15) is 0 Å². The smallest absolute Gasteiger partial charge is 0.191 e. The Kier molecular flexibility index (Phi) is 7.57. The van der Waals surface area contributed by atoms with Crippen LogP contribution in [0.5, 0.6) is 0 Å². The lowest BCUT2D eigenvalue weighted by Crippen LogP contribution is -2.38. The van der Waals surface area contributed by atoms with Crippen LogP contribution in [-0.2, 0) is 13.1 Å². The Morgan fingerprint density at radius 1 is 1.12 bits per heavy atom. The molecular weight excluding hydrogens is 296 g/mol. The minimum absolute atomic E-state index is 0.612. The van der Waals surface area contributed by atoms with Crippen LogP contribution in [0.2, 0.25) is 0 Å². The fourth-order valence-electron chi connectivity index (χ4n) is 2.95. The first-order valence-corrected chi connectivity index (χ1v) is 9.31. The average Bonchev–Trinajstić information content (AvgIpc) is 2.58. The molecule has 1 aromatic rings. The fraction of sp³-hybridized carbons (Fsp3) is 0.650. The molecule has 4 heteroatoms. The van der Waals surface area contributed by atoms with Crippen LogP contribution in [0, 0.1) is 11.8 Å². The Morgan fingerprint density at radius 3 is 2.33 bits per heavy atom. The number of nitrogens with zero attached hydrogens (tertiary/aromatic N) is 2. The largest absolute Gasteiger partial charge is 0.356 e. The molecule has 1 aromatic carbocycles. The van der Waals surface area contributed by atoms with Gasteiger partial charge in [0.05, 0.1) is 0 Å². The molecule has 24 heavy (non-hydrogen) atoms. The van der Waals surface area contributed by atoms with Crippen molar-refractivity contribution in [1.82, 2.24) is 15.5 Å². The molecule has 1 heterocycles. The third-order valence-electron chi connectivity index (χ3n) is 4.67. The monoisotopic (exact) mass is 330 g/mol. The fourth-order valence-corrected chi connectivity index (χ4v) is 2.95. The second-order valence-corrected chi connectivity index (χ2v) is 7.48. The second-order valence-electron chi connectivity index (χ2n) is 7.48. The molecule has 0 spiro atoms. The molecule has 134 valence electrons. The number of aliphatic imine (C=N–C) groups is 1. The van der Waals surface area contributed by atoms with Gasteiger partial charge in [-0.15, -0.1) is 0 Å². The number of hydrogen-bond donors (Lipinski definition) is 2. The van der Waals surface area contributed by atoms with Crippen LogP contribution in [-0.4, -0.2) is 37.5 Å². The van der Waals surface area contributed by atoms with E-state index in [1.165, 1.54) is 37.1 Å². The molecule has 2 rings (SSSR count). The highest BCUT2D eigenvalue weighted by Crippen LogP contribution is 2.18. The zero-order chi connectivity index (χ0) is 17.4. The van der Waals surface area contributed by atoms with Gasteiger partial charge in [-0.3, -0.25) is 9.89 Å². The molecule has 4 nitrogen and oxygen atoms in total. The number of benzene rings is 1. The molecule has 0 bridgehead atoms. The predicted molar refractivity (Wildman–Crippen MR) is 103 cm³/mol. The van der Waals surface area contributed by atoms with E-state index in [1.807, 2.05) is 7.05 Å².